The van der Waals surface area contributed by atoms with Crippen molar-refractivity contribution in [1.29, 1.82) is 0 Å². The summed E-state index contributed by atoms with van der Waals surface area (Å²) in [4.78, 5) is 31.0. The van der Waals surface area contributed by atoms with Gasteiger partial charge in [0, 0.05) is 24.4 Å². The van der Waals surface area contributed by atoms with Gasteiger partial charge >= 0.3 is 6.61 Å². The zero-order valence-electron chi connectivity index (χ0n) is 17.3. The predicted molar refractivity (Wildman–Crippen MR) is 118 cm³/mol. The summed E-state index contributed by atoms with van der Waals surface area (Å²) in [6.07, 6.45) is 0.848. The van der Waals surface area contributed by atoms with Gasteiger partial charge in [-0.15, -0.1) is 11.3 Å². The van der Waals surface area contributed by atoms with Crippen LogP contribution in [0.1, 0.15) is 30.5 Å². The van der Waals surface area contributed by atoms with E-state index in [9.17, 15) is 18.4 Å². The number of rotatable bonds is 6. The van der Waals surface area contributed by atoms with Crippen molar-refractivity contribution < 1.29 is 23.1 Å². The molecule has 166 valence electrons. The van der Waals surface area contributed by atoms with Crippen LogP contribution in [0.2, 0.25) is 0 Å². The fourth-order valence-electron chi connectivity index (χ4n) is 3.93. The number of hydrogen-bond donors (Lipinski definition) is 1. The number of alkyl halides is 2. The van der Waals surface area contributed by atoms with E-state index in [0.717, 1.165) is 17.5 Å². The van der Waals surface area contributed by atoms with Gasteiger partial charge in [0.1, 0.15) is 5.75 Å². The Morgan fingerprint density at radius 2 is 1.97 bits per heavy atom. The fraction of sp³-hybridized carbons (Fsp3) is 0.261. The molecule has 0 spiro atoms. The van der Waals surface area contributed by atoms with Crippen LogP contribution in [0.15, 0.2) is 53.9 Å². The molecule has 1 aliphatic heterocycles. The highest BCUT2D eigenvalue weighted by molar-refractivity contribution is 7.14. The lowest BCUT2D eigenvalue weighted by atomic mass is 9.90. The minimum atomic E-state index is -2.95. The maximum Gasteiger partial charge on any atom is 0.387 e. The SMILES string of the molecule is CC(=O)N1CCc2ccccc2C1CC(=O)Nc1nc(-c2ccccc2OC(F)F)cs1. The molecule has 2 amide bonds. The Bertz CT molecular complexity index is 1130. The first-order valence-electron chi connectivity index (χ1n) is 10.1. The topological polar surface area (TPSA) is 71.5 Å². The first-order valence-corrected chi connectivity index (χ1v) is 10.9. The zero-order chi connectivity index (χ0) is 22.7. The Morgan fingerprint density at radius 3 is 2.75 bits per heavy atom. The van der Waals surface area contributed by atoms with E-state index in [0.29, 0.717) is 22.9 Å². The van der Waals surface area contributed by atoms with E-state index in [-0.39, 0.29) is 30.0 Å². The lowest BCUT2D eigenvalue weighted by Gasteiger charge is -2.36. The molecule has 0 bridgehead atoms. The Labute approximate surface area is 187 Å². The highest BCUT2D eigenvalue weighted by atomic mass is 32.1. The maximum absolute atomic E-state index is 12.8. The number of aromatic nitrogens is 1. The van der Waals surface area contributed by atoms with Crippen molar-refractivity contribution in [2.75, 3.05) is 11.9 Å². The van der Waals surface area contributed by atoms with Crippen molar-refractivity contribution in [3.05, 3.63) is 65.0 Å². The number of nitrogens with zero attached hydrogens (tertiary/aromatic N) is 2. The monoisotopic (exact) mass is 457 g/mol. The van der Waals surface area contributed by atoms with Gasteiger partial charge in [-0.3, -0.25) is 9.59 Å². The Hall–Kier alpha value is -3.33. The summed E-state index contributed by atoms with van der Waals surface area (Å²) in [5.41, 5.74) is 2.94. The van der Waals surface area contributed by atoms with Crippen molar-refractivity contribution in [2.24, 2.45) is 0 Å². The third kappa shape index (κ3) is 4.77. The van der Waals surface area contributed by atoms with Crippen molar-refractivity contribution in [3.8, 4) is 17.0 Å². The third-order valence-corrected chi connectivity index (χ3v) is 6.08. The number of hydrogen-bond acceptors (Lipinski definition) is 5. The molecule has 3 aromatic rings. The molecule has 0 fully saturated rings. The summed E-state index contributed by atoms with van der Waals surface area (Å²) < 4.78 is 29.9. The van der Waals surface area contributed by atoms with E-state index in [1.54, 1.807) is 28.5 Å². The number of fused-ring (bicyclic) bond motifs is 1. The number of amides is 2. The molecule has 1 N–H and O–H groups in total. The molecule has 1 aliphatic rings. The highest BCUT2D eigenvalue weighted by Crippen LogP contribution is 2.35. The molecular weight excluding hydrogens is 436 g/mol. The van der Waals surface area contributed by atoms with E-state index in [2.05, 4.69) is 15.0 Å². The molecular formula is C23H21F2N3O3S. The van der Waals surface area contributed by atoms with Crippen LogP contribution in [0.4, 0.5) is 13.9 Å². The van der Waals surface area contributed by atoms with Crippen molar-refractivity contribution in [2.45, 2.75) is 32.4 Å². The number of carbonyl (C=O) groups excluding carboxylic acids is 2. The van der Waals surface area contributed by atoms with E-state index < -0.39 is 6.61 Å². The number of thiazole rings is 1. The van der Waals surface area contributed by atoms with Crippen LogP contribution in [0.25, 0.3) is 11.3 Å². The Balaban J connectivity index is 1.50. The van der Waals surface area contributed by atoms with Crippen LogP contribution in [-0.4, -0.2) is 34.9 Å². The van der Waals surface area contributed by atoms with Gasteiger partial charge in [0.05, 0.1) is 18.2 Å². The van der Waals surface area contributed by atoms with Crippen molar-refractivity contribution in [3.63, 3.8) is 0 Å². The van der Waals surface area contributed by atoms with E-state index >= 15 is 0 Å². The smallest absolute Gasteiger partial charge is 0.387 e. The van der Waals surface area contributed by atoms with Crippen molar-refractivity contribution >= 4 is 28.3 Å². The lowest BCUT2D eigenvalue weighted by molar-refractivity contribution is -0.132. The fourth-order valence-corrected chi connectivity index (χ4v) is 4.65. The normalized spacial score (nSPS) is 15.4. The van der Waals surface area contributed by atoms with Gasteiger partial charge in [0.25, 0.3) is 0 Å². The summed E-state index contributed by atoms with van der Waals surface area (Å²) in [5, 5.41) is 4.78. The maximum atomic E-state index is 12.8. The number of carbonyl (C=O) groups is 2. The summed E-state index contributed by atoms with van der Waals surface area (Å²) in [6, 6.07) is 13.8. The number of para-hydroxylation sites is 1. The number of ether oxygens (including phenoxy) is 1. The summed E-state index contributed by atoms with van der Waals surface area (Å²) in [5.74, 6) is -0.345. The number of nitrogens with one attached hydrogen (secondary N) is 1. The molecule has 2 heterocycles. The molecule has 9 heteroatoms. The predicted octanol–water partition coefficient (Wildman–Crippen LogP) is 4.89. The molecule has 0 saturated carbocycles. The van der Waals surface area contributed by atoms with Crippen LogP contribution in [0, 0.1) is 0 Å². The van der Waals surface area contributed by atoms with Gasteiger partial charge in [-0.05, 0) is 29.7 Å². The molecule has 4 rings (SSSR count). The van der Waals surface area contributed by atoms with Crippen LogP contribution >= 0.6 is 11.3 Å². The lowest BCUT2D eigenvalue weighted by Crippen LogP contribution is -2.40. The van der Waals surface area contributed by atoms with Gasteiger partial charge in [-0.1, -0.05) is 36.4 Å². The first kappa shape index (κ1) is 21.9. The Kier molecular flexibility index (Phi) is 6.45. The third-order valence-electron chi connectivity index (χ3n) is 5.33. The second-order valence-electron chi connectivity index (χ2n) is 7.34. The zero-order valence-corrected chi connectivity index (χ0v) is 18.1. The van der Waals surface area contributed by atoms with Crippen LogP contribution < -0.4 is 10.1 Å². The largest absolute Gasteiger partial charge is 0.434 e. The highest BCUT2D eigenvalue weighted by Gasteiger charge is 2.30. The molecule has 1 unspecified atom stereocenters. The Morgan fingerprint density at radius 1 is 1.22 bits per heavy atom. The molecule has 32 heavy (non-hydrogen) atoms. The molecule has 6 nitrogen and oxygen atoms in total. The number of halogens is 2. The quantitative estimate of drug-likeness (QED) is 0.572. The van der Waals surface area contributed by atoms with Gasteiger partial charge in [-0.2, -0.15) is 8.78 Å². The number of benzene rings is 2. The first-order chi connectivity index (χ1) is 15.4. The van der Waals surface area contributed by atoms with Crippen LogP contribution in [0.3, 0.4) is 0 Å². The number of anilines is 1. The summed E-state index contributed by atoms with van der Waals surface area (Å²) >= 11 is 1.19. The van der Waals surface area contributed by atoms with Crippen LogP contribution in [0.5, 0.6) is 5.75 Å². The van der Waals surface area contributed by atoms with Gasteiger partial charge < -0.3 is 15.0 Å². The van der Waals surface area contributed by atoms with E-state index in [1.807, 2.05) is 24.3 Å². The average Bonchev–Trinajstić information content (AvgIpc) is 3.21. The molecule has 1 atom stereocenters. The molecule has 1 aromatic heterocycles. The minimum Gasteiger partial charge on any atom is -0.434 e. The summed E-state index contributed by atoms with van der Waals surface area (Å²) in [7, 11) is 0. The second kappa shape index (κ2) is 9.44. The van der Waals surface area contributed by atoms with Gasteiger partial charge in [-0.25, -0.2) is 4.98 Å². The summed E-state index contributed by atoms with van der Waals surface area (Å²) in [6.45, 7) is -0.881. The van der Waals surface area contributed by atoms with Crippen molar-refractivity contribution in [1.82, 2.24) is 9.88 Å². The molecule has 0 aliphatic carbocycles. The van der Waals surface area contributed by atoms with Gasteiger partial charge in [0.15, 0.2) is 5.13 Å². The van der Waals surface area contributed by atoms with E-state index in [1.165, 1.54) is 24.3 Å². The van der Waals surface area contributed by atoms with Crippen LogP contribution in [-0.2, 0) is 16.0 Å². The molecule has 0 saturated heterocycles. The van der Waals surface area contributed by atoms with E-state index in [4.69, 9.17) is 0 Å². The average molecular weight is 458 g/mol. The second-order valence-corrected chi connectivity index (χ2v) is 8.20. The molecule has 2 aromatic carbocycles. The van der Waals surface area contributed by atoms with Gasteiger partial charge in [0.2, 0.25) is 11.8 Å². The minimum absolute atomic E-state index is 0.0154. The standard InChI is InChI=1S/C23H21F2N3O3S/c1-14(29)28-11-10-15-6-2-3-7-16(15)19(28)12-21(30)27-23-26-18(13-32-23)17-8-4-5-9-20(17)31-22(24)25/h2-9,13,19,22H,10-12H2,1H3,(H,26,27,30). The molecule has 0 radical (unpaired) electrons.